The lowest BCUT2D eigenvalue weighted by Crippen LogP contribution is -2.51. The molecule has 1 amide bonds. The summed E-state index contributed by atoms with van der Waals surface area (Å²) in [5.41, 5.74) is 7.45. The minimum Gasteiger partial charge on any atom is -0.338 e. The highest BCUT2D eigenvalue weighted by atomic mass is 35.5. The molecule has 0 aliphatic carbocycles. The summed E-state index contributed by atoms with van der Waals surface area (Å²) >= 11 is 1.79. The van der Waals surface area contributed by atoms with E-state index in [1.54, 1.807) is 11.3 Å². The first-order valence-corrected chi connectivity index (χ1v) is 9.55. The first-order valence-electron chi connectivity index (χ1n) is 8.67. The molecule has 3 rings (SSSR count). The molecule has 1 aliphatic heterocycles. The van der Waals surface area contributed by atoms with E-state index >= 15 is 0 Å². The topological polar surface area (TPSA) is 46.3 Å². The van der Waals surface area contributed by atoms with Crippen LogP contribution in [0.2, 0.25) is 0 Å². The second kappa shape index (κ2) is 8.84. The highest BCUT2D eigenvalue weighted by molar-refractivity contribution is 7.17. The molecule has 0 spiro atoms. The van der Waals surface area contributed by atoms with E-state index in [2.05, 4.69) is 29.6 Å². The fraction of sp³-hybridized carbons (Fsp3) is 0.526. The number of amides is 1. The molecule has 2 N–H and O–H groups in total. The van der Waals surface area contributed by atoms with E-state index in [4.69, 9.17) is 5.73 Å². The van der Waals surface area contributed by atoms with Crippen LogP contribution in [0.3, 0.4) is 0 Å². The van der Waals surface area contributed by atoms with Gasteiger partial charge in [0.2, 0.25) is 5.91 Å². The number of thiophene rings is 1. The molecule has 3 nitrogen and oxygen atoms in total. The van der Waals surface area contributed by atoms with E-state index in [-0.39, 0.29) is 30.4 Å². The number of aryl methyl sites for hydroxylation is 1. The van der Waals surface area contributed by atoms with Crippen LogP contribution in [0.1, 0.15) is 44.6 Å². The van der Waals surface area contributed by atoms with Crippen molar-refractivity contribution >= 4 is 39.7 Å². The molecule has 2 unspecified atom stereocenters. The van der Waals surface area contributed by atoms with Gasteiger partial charge in [-0.2, -0.15) is 0 Å². The van der Waals surface area contributed by atoms with Crippen molar-refractivity contribution in [3.8, 4) is 0 Å². The summed E-state index contributed by atoms with van der Waals surface area (Å²) in [6.07, 6.45) is 5.89. The molecule has 1 aromatic carbocycles. The number of nitrogens with zero attached hydrogens (tertiary/aromatic N) is 1. The van der Waals surface area contributed by atoms with Crippen LogP contribution in [0.25, 0.3) is 10.1 Å². The van der Waals surface area contributed by atoms with Gasteiger partial charge in [-0.3, -0.25) is 4.79 Å². The van der Waals surface area contributed by atoms with Crippen LogP contribution in [0.15, 0.2) is 29.6 Å². The molecule has 5 heteroatoms. The van der Waals surface area contributed by atoms with Crippen molar-refractivity contribution in [2.45, 2.75) is 57.5 Å². The SMILES string of the molecule is CC(N)C1CCCCN1C(=O)CCCc1csc2ccccc12.Cl. The lowest BCUT2D eigenvalue weighted by atomic mass is 9.96. The molecule has 1 aliphatic rings. The number of piperidine rings is 1. The summed E-state index contributed by atoms with van der Waals surface area (Å²) < 4.78 is 1.34. The number of fused-ring (bicyclic) bond motifs is 1. The molecular weight excluding hydrogens is 340 g/mol. The molecule has 2 aromatic rings. The summed E-state index contributed by atoms with van der Waals surface area (Å²) in [7, 11) is 0. The van der Waals surface area contributed by atoms with Crippen molar-refractivity contribution in [1.82, 2.24) is 4.90 Å². The highest BCUT2D eigenvalue weighted by Gasteiger charge is 2.28. The van der Waals surface area contributed by atoms with Crippen LogP contribution < -0.4 is 5.73 Å². The van der Waals surface area contributed by atoms with Crippen LogP contribution in [0, 0.1) is 0 Å². The molecule has 0 saturated carbocycles. The number of halogens is 1. The largest absolute Gasteiger partial charge is 0.338 e. The van der Waals surface area contributed by atoms with E-state index in [0.717, 1.165) is 32.2 Å². The third kappa shape index (κ3) is 4.29. The average molecular weight is 367 g/mol. The molecule has 1 aromatic heterocycles. The van der Waals surface area contributed by atoms with Crippen LogP contribution in [-0.4, -0.2) is 29.4 Å². The monoisotopic (exact) mass is 366 g/mol. The van der Waals surface area contributed by atoms with Gasteiger partial charge in [0.05, 0.1) is 0 Å². The number of hydrogen-bond acceptors (Lipinski definition) is 3. The van der Waals surface area contributed by atoms with Gasteiger partial charge >= 0.3 is 0 Å². The third-order valence-electron chi connectivity index (χ3n) is 4.87. The van der Waals surface area contributed by atoms with Crippen molar-refractivity contribution in [3.63, 3.8) is 0 Å². The Labute approximate surface area is 154 Å². The molecule has 0 bridgehead atoms. The van der Waals surface area contributed by atoms with E-state index < -0.39 is 0 Å². The fourth-order valence-electron chi connectivity index (χ4n) is 3.61. The molecule has 2 atom stereocenters. The van der Waals surface area contributed by atoms with Gasteiger partial charge < -0.3 is 10.6 Å². The molecule has 0 radical (unpaired) electrons. The van der Waals surface area contributed by atoms with Gasteiger partial charge in [-0.05, 0) is 61.4 Å². The second-order valence-electron chi connectivity index (χ2n) is 6.62. The predicted molar refractivity (Wildman–Crippen MR) is 105 cm³/mol. The number of benzene rings is 1. The van der Waals surface area contributed by atoms with Gasteiger partial charge in [-0.15, -0.1) is 23.7 Å². The lowest BCUT2D eigenvalue weighted by molar-refractivity contribution is -0.135. The van der Waals surface area contributed by atoms with E-state index in [0.29, 0.717) is 6.42 Å². The lowest BCUT2D eigenvalue weighted by Gasteiger charge is -2.38. The minimum atomic E-state index is 0. The zero-order valence-corrected chi connectivity index (χ0v) is 15.9. The van der Waals surface area contributed by atoms with Crippen molar-refractivity contribution in [1.29, 1.82) is 0 Å². The number of likely N-dealkylation sites (tertiary alicyclic amines) is 1. The van der Waals surface area contributed by atoms with Crippen molar-refractivity contribution < 1.29 is 4.79 Å². The first kappa shape index (κ1) is 19.2. The van der Waals surface area contributed by atoms with Gasteiger partial charge in [0.1, 0.15) is 0 Å². The fourth-order valence-corrected chi connectivity index (χ4v) is 4.61. The number of rotatable bonds is 5. The van der Waals surface area contributed by atoms with Crippen LogP contribution in [0.5, 0.6) is 0 Å². The van der Waals surface area contributed by atoms with E-state index in [1.807, 2.05) is 11.8 Å². The molecule has 1 fully saturated rings. The quantitative estimate of drug-likeness (QED) is 0.853. The summed E-state index contributed by atoms with van der Waals surface area (Å²) in [6.45, 7) is 2.90. The number of carbonyl (C=O) groups is 1. The van der Waals surface area contributed by atoms with Gasteiger partial charge in [0.25, 0.3) is 0 Å². The second-order valence-corrected chi connectivity index (χ2v) is 7.53. The summed E-state index contributed by atoms with van der Waals surface area (Å²) in [6, 6.07) is 8.81. The molecule has 1 saturated heterocycles. The molecule has 2 heterocycles. The van der Waals surface area contributed by atoms with Crippen LogP contribution in [-0.2, 0) is 11.2 Å². The maximum atomic E-state index is 12.6. The number of hydrogen-bond donors (Lipinski definition) is 1. The Hall–Kier alpha value is -1.10. The van der Waals surface area contributed by atoms with Gasteiger partial charge in [-0.25, -0.2) is 0 Å². The summed E-state index contributed by atoms with van der Waals surface area (Å²) in [4.78, 5) is 14.6. The van der Waals surface area contributed by atoms with Crippen LogP contribution >= 0.6 is 23.7 Å². The zero-order valence-electron chi connectivity index (χ0n) is 14.2. The van der Waals surface area contributed by atoms with E-state index in [1.165, 1.54) is 22.1 Å². The van der Waals surface area contributed by atoms with E-state index in [9.17, 15) is 4.79 Å². The summed E-state index contributed by atoms with van der Waals surface area (Å²) in [5.74, 6) is 0.284. The highest BCUT2D eigenvalue weighted by Crippen LogP contribution is 2.27. The molecular formula is C19H27ClN2OS. The Kier molecular flexibility index (Phi) is 7.08. The van der Waals surface area contributed by atoms with Crippen molar-refractivity contribution in [2.24, 2.45) is 5.73 Å². The zero-order chi connectivity index (χ0) is 16.2. The first-order chi connectivity index (χ1) is 11.2. The molecule has 132 valence electrons. The standard InChI is InChI=1S/C19H26N2OS.ClH/c1-14(20)17-9-4-5-12-21(17)19(22)11-6-7-15-13-23-18-10-3-2-8-16(15)18;/h2-3,8,10,13-14,17H,4-7,9,11-12,20H2,1H3;1H. The Morgan fingerprint density at radius 2 is 2.17 bits per heavy atom. The average Bonchev–Trinajstić information content (AvgIpc) is 2.98. The Morgan fingerprint density at radius 1 is 1.38 bits per heavy atom. The Bertz CT molecular complexity index is 670. The van der Waals surface area contributed by atoms with Gasteiger partial charge in [0, 0.05) is 29.7 Å². The maximum Gasteiger partial charge on any atom is 0.222 e. The van der Waals surface area contributed by atoms with Crippen molar-refractivity contribution in [2.75, 3.05) is 6.54 Å². The number of nitrogens with two attached hydrogens (primary N) is 1. The normalized spacial score (nSPS) is 19.1. The molecule has 24 heavy (non-hydrogen) atoms. The van der Waals surface area contributed by atoms with Crippen LogP contribution in [0.4, 0.5) is 0 Å². The Balaban J connectivity index is 0.00000208. The maximum absolute atomic E-state index is 12.6. The number of carbonyl (C=O) groups excluding carboxylic acids is 1. The van der Waals surface area contributed by atoms with Gasteiger partial charge in [-0.1, -0.05) is 18.2 Å². The smallest absolute Gasteiger partial charge is 0.222 e. The predicted octanol–water partition coefficient (Wildman–Crippen LogP) is 4.37. The van der Waals surface area contributed by atoms with Crippen molar-refractivity contribution in [3.05, 3.63) is 35.2 Å². The Morgan fingerprint density at radius 3 is 2.96 bits per heavy atom. The minimum absolute atomic E-state index is 0. The van der Waals surface area contributed by atoms with Gasteiger partial charge in [0.15, 0.2) is 0 Å². The third-order valence-corrected chi connectivity index (χ3v) is 5.89. The summed E-state index contributed by atoms with van der Waals surface area (Å²) in [5, 5.41) is 3.58.